The summed E-state index contributed by atoms with van der Waals surface area (Å²) in [7, 11) is 1.61. The molecule has 4 aromatic rings. The van der Waals surface area contributed by atoms with Crippen LogP contribution in [0.15, 0.2) is 84.9 Å². The number of ether oxygens (including phenoxy) is 1. The van der Waals surface area contributed by atoms with E-state index in [1.165, 1.54) is 24.3 Å². The van der Waals surface area contributed by atoms with Gasteiger partial charge in [-0.15, -0.1) is 5.10 Å². The van der Waals surface area contributed by atoms with Crippen molar-refractivity contribution >= 4 is 46.9 Å². The van der Waals surface area contributed by atoms with Gasteiger partial charge in [0.2, 0.25) is 5.95 Å². The van der Waals surface area contributed by atoms with Crippen LogP contribution in [0.5, 0.6) is 5.75 Å². The molecule has 0 fully saturated rings. The van der Waals surface area contributed by atoms with Gasteiger partial charge in [-0.05, 0) is 53.1 Å². The molecule has 5 rings (SSSR count). The van der Waals surface area contributed by atoms with Crippen LogP contribution in [0.1, 0.15) is 22.7 Å². The summed E-state index contributed by atoms with van der Waals surface area (Å²) in [6.45, 7) is 0. The van der Waals surface area contributed by atoms with Crippen molar-refractivity contribution in [2.45, 2.75) is 6.04 Å². The van der Waals surface area contributed by atoms with Gasteiger partial charge in [-0.1, -0.05) is 48.0 Å². The second-order valence-corrected chi connectivity index (χ2v) is 8.74. The molecule has 2 heterocycles. The summed E-state index contributed by atoms with van der Waals surface area (Å²) < 4.78 is 6.97. The number of nitrogens with one attached hydrogen (secondary N) is 2. The van der Waals surface area contributed by atoms with Crippen molar-refractivity contribution in [1.82, 2.24) is 14.8 Å². The summed E-state index contributed by atoms with van der Waals surface area (Å²) in [5.41, 5.74) is 3.12. The molecule has 3 aromatic carbocycles. The summed E-state index contributed by atoms with van der Waals surface area (Å²) >= 11 is 6.07. The number of hydrogen-bond donors (Lipinski definition) is 2. The highest BCUT2D eigenvalue weighted by Gasteiger charge is 2.26. The number of methoxy groups -OCH3 is 1. The molecule has 0 saturated heterocycles. The van der Waals surface area contributed by atoms with Crippen LogP contribution in [0, 0.1) is 10.1 Å². The zero-order chi connectivity index (χ0) is 26.6. The molecule has 10 nitrogen and oxygen atoms in total. The molecule has 1 amide bonds. The molecule has 38 heavy (non-hydrogen) atoms. The van der Waals surface area contributed by atoms with E-state index < -0.39 is 10.8 Å². The summed E-state index contributed by atoms with van der Waals surface area (Å²) in [5.74, 6) is 0.792. The number of rotatable bonds is 7. The number of allylic oxidation sites excluding steroid dienone is 1. The van der Waals surface area contributed by atoms with Crippen LogP contribution in [-0.4, -0.2) is 32.7 Å². The fraction of sp³-hybridized carbons (Fsp3) is 0.0741. The number of nitro groups is 1. The van der Waals surface area contributed by atoms with Crippen LogP contribution in [0.25, 0.3) is 11.8 Å². The third-order valence-corrected chi connectivity index (χ3v) is 6.07. The molecule has 0 aliphatic carbocycles. The maximum atomic E-state index is 12.6. The van der Waals surface area contributed by atoms with E-state index in [1.54, 1.807) is 36.1 Å². The van der Waals surface area contributed by atoms with E-state index in [0.717, 1.165) is 22.6 Å². The Morgan fingerprint density at radius 2 is 1.92 bits per heavy atom. The number of benzene rings is 3. The van der Waals surface area contributed by atoms with Crippen LogP contribution in [-0.2, 0) is 4.79 Å². The molecule has 0 spiro atoms. The number of non-ortho nitro benzene ring substituents is 1. The SMILES string of the molecule is COc1ccc([C@@H]2C=C(c3ccc(Cl)cc3)Nc3nc(NC(=O)/C=C/c4cccc([N+](=O)[O-])c4)nn32)cc1. The van der Waals surface area contributed by atoms with Gasteiger partial charge in [-0.25, -0.2) is 4.68 Å². The van der Waals surface area contributed by atoms with E-state index >= 15 is 0 Å². The number of halogens is 1. The van der Waals surface area contributed by atoms with Crippen molar-refractivity contribution in [3.63, 3.8) is 0 Å². The molecule has 0 unspecified atom stereocenters. The molecule has 0 saturated carbocycles. The highest BCUT2D eigenvalue weighted by molar-refractivity contribution is 6.30. The predicted octanol–water partition coefficient (Wildman–Crippen LogP) is 5.56. The molecule has 11 heteroatoms. The van der Waals surface area contributed by atoms with Crippen LogP contribution in [0.3, 0.4) is 0 Å². The minimum Gasteiger partial charge on any atom is -0.497 e. The number of nitrogens with zero attached hydrogens (tertiary/aromatic N) is 4. The molecule has 1 aromatic heterocycles. The second-order valence-electron chi connectivity index (χ2n) is 8.31. The molecule has 1 aliphatic heterocycles. The van der Waals surface area contributed by atoms with Gasteiger partial charge in [-0.2, -0.15) is 4.98 Å². The lowest BCUT2D eigenvalue weighted by molar-refractivity contribution is -0.384. The standard InChI is InChI=1S/C27H21ClN6O4/c1-38-22-12-8-19(9-13-22)24-16-23(18-6-10-20(28)11-7-18)29-27-31-26(32-33(24)27)30-25(35)14-5-17-3-2-4-21(15-17)34(36)37/h2-16,24H,1H3,(H2,29,30,31,32,35)/b14-5+/t24-/m0/s1. The lowest BCUT2D eigenvalue weighted by Gasteiger charge is -2.24. The number of anilines is 2. The predicted molar refractivity (Wildman–Crippen MR) is 145 cm³/mol. The van der Waals surface area contributed by atoms with Crippen molar-refractivity contribution in [1.29, 1.82) is 0 Å². The minimum atomic E-state index is -0.491. The van der Waals surface area contributed by atoms with Crippen molar-refractivity contribution in [3.05, 3.63) is 117 Å². The van der Waals surface area contributed by atoms with Crippen molar-refractivity contribution < 1.29 is 14.5 Å². The third-order valence-electron chi connectivity index (χ3n) is 5.82. The molecule has 0 radical (unpaired) electrons. The van der Waals surface area contributed by atoms with Crippen LogP contribution in [0.4, 0.5) is 17.6 Å². The maximum Gasteiger partial charge on any atom is 0.270 e. The van der Waals surface area contributed by atoms with E-state index in [-0.39, 0.29) is 17.7 Å². The number of aromatic nitrogens is 3. The Kier molecular flexibility index (Phi) is 6.88. The van der Waals surface area contributed by atoms with Gasteiger partial charge < -0.3 is 10.1 Å². The van der Waals surface area contributed by atoms with Gasteiger partial charge in [0.25, 0.3) is 17.5 Å². The van der Waals surface area contributed by atoms with Gasteiger partial charge in [0, 0.05) is 28.9 Å². The van der Waals surface area contributed by atoms with Gasteiger partial charge in [-0.3, -0.25) is 20.2 Å². The molecular weight excluding hydrogens is 508 g/mol. The van der Waals surface area contributed by atoms with Gasteiger partial charge in [0.1, 0.15) is 11.8 Å². The first-order valence-corrected chi connectivity index (χ1v) is 11.9. The Hall–Kier alpha value is -4.96. The fourth-order valence-corrected chi connectivity index (χ4v) is 4.07. The Bertz CT molecular complexity index is 1560. The lowest BCUT2D eigenvalue weighted by atomic mass is 10.0. The van der Waals surface area contributed by atoms with E-state index in [1.807, 2.05) is 42.5 Å². The average molecular weight is 529 g/mol. The van der Waals surface area contributed by atoms with Crippen LogP contribution < -0.4 is 15.4 Å². The van der Waals surface area contributed by atoms with Crippen molar-refractivity contribution in [2.24, 2.45) is 0 Å². The number of carbonyl (C=O) groups is 1. The number of nitro benzene ring substituents is 1. The quantitative estimate of drug-likeness (QED) is 0.183. The lowest BCUT2D eigenvalue weighted by Crippen LogP contribution is -2.20. The second kappa shape index (κ2) is 10.6. The smallest absolute Gasteiger partial charge is 0.270 e. The topological polar surface area (TPSA) is 124 Å². The Labute approximate surface area is 222 Å². The van der Waals surface area contributed by atoms with E-state index in [0.29, 0.717) is 16.5 Å². The summed E-state index contributed by atoms with van der Waals surface area (Å²) in [6, 6.07) is 20.7. The number of fused-ring (bicyclic) bond motifs is 1. The zero-order valence-electron chi connectivity index (χ0n) is 20.0. The maximum absolute atomic E-state index is 12.6. The largest absolute Gasteiger partial charge is 0.497 e. The molecule has 190 valence electrons. The highest BCUT2D eigenvalue weighted by atomic mass is 35.5. The van der Waals surface area contributed by atoms with E-state index in [2.05, 4.69) is 20.7 Å². The highest BCUT2D eigenvalue weighted by Crippen LogP contribution is 2.34. The number of hydrogen-bond acceptors (Lipinski definition) is 7. The molecule has 0 bridgehead atoms. The van der Waals surface area contributed by atoms with Crippen LogP contribution in [0.2, 0.25) is 5.02 Å². The Morgan fingerprint density at radius 3 is 2.63 bits per heavy atom. The number of amides is 1. The normalized spacial score (nSPS) is 14.4. The zero-order valence-corrected chi connectivity index (χ0v) is 20.8. The van der Waals surface area contributed by atoms with Gasteiger partial charge in [0.05, 0.1) is 12.0 Å². The molecule has 1 aliphatic rings. The average Bonchev–Trinajstić information content (AvgIpc) is 3.34. The fourth-order valence-electron chi connectivity index (χ4n) is 3.95. The molecular formula is C27H21ClN6O4. The van der Waals surface area contributed by atoms with E-state index in [4.69, 9.17) is 16.3 Å². The van der Waals surface area contributed by atoms with Gasteiger partial charge >= 0.3 is 0 Å². The first-order valence-electron chi connectivity index (χ1n) is 11.5. The van der Waals surface area contributed by atoms with Crippen molar-refractivity contribution in [3.8, 4) is 5.75 Å². The number of carbonyl (C=O) groups excluding carboxylic acids is 1. The summed E-state index contributed by atoms with van der Waals surface area (Å²) in [4.78, 5) is 27.5. The monoisotopic (exact) mass is 528 g/mol. The molecule has 1 atom stereocenters. The summed E-state index contributed by atoms with van der Waals surface area (Å²) in [5, 5.41) is 22.1. The Balaban J connectivity index is 1.41. The van der Waals surface area contributed by atoms with Crippen LogP contribution >= 0.6 is 11.6 Å². The first-order chi connectivity index (χ1) is 18.4. The van der Waals surface area contributed by atoms with E-state index in [9.17, 15) is 14.9 Å². The summed E-state index contributed by atoms with van der Waals surface area (Å²) in [6.07, 6.45) is 4.77. The Morgan fingerprint density at radius 1 is 1.16 bits per heavy atom. The molecule has 2 N–H and O–H groups in total. The van der Waals surface area contributed by atoms with Gasteiger partial charge in [0.15, 0.2) is 0 Å². The van der Waals surface area contributed by atoms with Crippen molar-refractivity contribution in [2.75, 3.05) is 17.7 Å². The first kappa shape index (κ1) is 24.7. The third kappa shape index (κ3) is 5.40. The minimum absolute atomic E-state index is 0.0596.